The number of piperazine rings is 1. The maximum absolute atomic E-state index is 12.6. The van der Waals surface area contributed by atoms with E-state index < -0.39 is 10.0 Å². The summed E-state index contributed by atoms with van der Waals surface area (Å²) in [4.78, 5) is 36.5. The summed E-state index contributed by atoms with van der Waals surface area (Å²) < 4.78 is 37.2. The monoisotopic (exact) mass is 510 g/mol. The molecule has 2 N–H and O–H groups in total. The van der Waals surface area contributed by atoms with Gasteiger partial charge in [0.15, 0.2) is 5.82 Å². The standard InChI is InChI=1S/C22H34N6O6S/c1-22(5-6-22)34-21(30)26-8-3-17(4-9-26)16-33-19-14-24-18(13-25-19)28-11-10-27(15-20(28)29)35(31,32)12-2-7-23/h13-14,17H,2-12,15-16,23H2,1H3. The molecule has 13 heteroatoms. The number of ether oxygens (including phenoxy) is 2. The van der Waals surface area contributed by atoms with Gasteiger partial charge in [0.1, 0.15) is 5.60 Å². The molecule has 1 aliphatic carbocycles. The Balaban J connectivity index is 1.21. The van der Waals surface area contributed by atoms with E-state index in [1.165, 1.54) is 21.6 Å². The quantitative estimate of drug-likeness (QED) is 0.503. The molecule has 2 saturated heterocycles. The van der Waals surface area contributed by atoms with Gasteiger partial charge >= 0.3 is 6.09 Å². The van der Waals surface area contributed by atoms with E-state index >= 15 is 0 Å². The van der Waals surface area contributed by atoms with Crippen LogP contribution in [0.25, 0.3) is 0 Å². The Morgan fingerprint density at radius 1 is 1.17 bits per heavy atom. The summed E-state index contributed by atoms with van der Waals surface area (Å²) in [5.41, 5.74) is 5.14. The fourth-order valence-corrected chi connectivity index (χ4v) is 5.54. The summed E-state index contributed by atoms with van der Waals surface area (Å²) in [5, 5.41) is 0. The molecule has 0 radical (unpaired) electrons. The van der Waals surface area contributed by atoms with Crippen molar-refractivity contribution in [3.8, 4) is 5.88 Å². The first kappa shape index (κ1) is 25.6. The van der Waals surface area contributed by atoms with Gasteiger partial charge < -0.3 is 20.1 Å². The summed E-state index contributed by atoms with van der Waals surface area (Å²) in [6, 6.07) is 0. The Labute approximate surface area is 205 Å². The van der Waals surface area contributed by atoms with E-state index in [-0.39, 0.29) is 49.5 Å². The van der Waals surface area contributed by atoms with Crippen molar-refractivity contribution in [3.63, 3.8) is 0 Å². The number of carbonyl (C=O) groups is 2. The van der Waals surface area contributed by atoms with Crippen molar-refractivity contribution < 1.29 is 27.5 Å². The summed E-state index contributed by atoms with van der Waals surface area (Å²) >= 11 is 0. The lowest BCUT2D eigenvalue weighted by atomic mass is 9.98. The second-order valence-corrected chi connectivity index (χ2v) is 11.7. The number of nitrogens with two attached hydrogens (primary N) is 1. The van der Waals surface area contributed by atoms with Crippen LogP contribution in [-0.2, 0) is 19.6 Å². The Morgan fingerprint density at radius 3 is 2.51 bits per heavy atom. The van der Waals surface area contributed by atoms with Gasteiger partial charge in [-0.05, 0) is 51.5 Å². The van der Waals surface area contributed by atoms with Crippen molar-refractivity contribution in [3.05, 3.63) is 12.4 Å². The topological polar surface area (TPSA) is 148 Å². The molecule has 3 fully saturated rings. The van der Waals surface area contributed by atoms with E-state index in [1.54, 1.807) is 4.90 Å². The highest BCUT2D eigenvalue weighted by atomic mass is 32.2. The van der Waals surface area contributed by atoms with Gasteiger partial charge in [-0.25, -0.2) is 23.2 Å². The lowest BCUT2D eigenvalue weighted by Crippen LogP contribution is -2.53. The number of hydrogen-bond donors (Lipinski definition) is 1. The third-order valence-electron chi connectivity index (χ3n) is 6.70. The molecule has 1 saturated carbocycles. The number of amides is 2. The smallest absolute Gasteiger partial charge is 0.410 e. The molecule has 0 unspecified atom stereocenters. The zero-order valence-corrected chi connectivity index (χ0v) is 20.9. The zero-order chi connectivity index (χ0) is 25.1. The highest BCUT2D eigenvalue weighted by molar-refractivity contribution is 7.89. The van der Waals surface area contributed by atoms with Crippen LogP contribution in [0.2, 0.25) is 0 Å². The molecule has 0 atom stereocenters. The minimum absolute atomic E-state index is 0.0643. The average molecular weight is 511 g/mol. The Hall–Kier alpha value is -2.51. The van der Waals surface area contributed by atoms with Crippen molar-refractivity contribution in [2.75, 3.05) is 56.5 Å². The first-order chi connectivity index (χ1) is 16.7. The molecule has 2 amide bonds. The summed E-state index contributed by atoms with van der Waals surface area (Å²) in [6.45, 7) is 4.17. The molecule has 194 valence electrons. The van der Waals surface area contributed by atoms with Crippen LogP contribution >= 0.6 is 0 Å². The second kappa shape index (κ2) is 10.6. The van der Waals surface area contributed by atoms with Crippen LogP contribution in [0.1, 0.15) is 39.0 Å². The van der Waals surface area contributed by atoms with Gasteiger partial charge in [-0.2, -0.15) is 4.31 Å². The van der Waals surface area contributed by atoms with Gasteiger partial charge in [-0.3, -0.25) is 9.69 Å². The summed E-state index contributed by atoms with van der Waals surface area (Å²) in [6.07, 6.45) is 6.57. The van der Waals surface area contributed by atoms with E-state index in [1.807, 2.05) is 6.92 Å². The molecule has 2 aliphatic heterocycles. The number of piperidine rings is 1. The second-order valence-electron chi connectivity index (χ2n) is 9.61. The predicted octanol–water partition coefficient (Wildman–Crippen LogP) is 0.584. The van der Waals surface area contributed by atoms with Crippen molar-refractivity contribution in [2.45, 2.75) is 44.6 Å². The number of aromatic nitrogens is 2. The largest absolute Gasteiger partial charge is 0.476 e. The van der Waals surface area contributed by atoms with Crippen molar-refractivity contribution >= 4 is 27.8 Å². The van der Waals surface area contributed by atoms with Crippen LogP contribution in [0, 0.1) is 5.92 Å². The lowest BCUT2D eigenvalue weighted by Gasteiger charge is -2.33. The molecule has 1 aromatic rings. The number of likely N-dealkylation sites (tertiary alicyclic amines) is 1. The van der Waals surface area contributed by atoms with Crippen molar-refractivity contribution in [1.29, 1.82) is 0 Å². The maximum Gasteiger partial charge on any atom is 0.410 e. The molecule has 0 aromatic carbocycles. The van der Waals surface area contributed by atoms with Crippen LogP contribution in [0.5, 0.6) is 5.88 Å². The highest BCUT2D eigenvalue weighted by Gasteiger charge is 2.43. The number of nitrogens with zero attached hydrogens (tertiary/aromatic N) is 5. The van der Waals surface area contributed by atoms with Gasteiger partial charge in [-0.15, -0.1) is 0 Å². The van der Waals surface area contributed by atoms with Crippen LogP contribution < -0.4 is 15.4 Å². The Morgan fingerprint density at radius 2 is 1.91 bits per heavy atom. The SMILES string of the molecule is CC1(OC(=O)N2CCC(COc3cnc(N4CCN(S(=O)(=O)CCCN)CC4=O)cn3)CC2)CC1. The van der Waals surface area contributed by atoms with E-state index in [9.17, 15) is 18.0 Å². The number of sulfonamides is 1. The molecular formula is C22H34N6O6S. The molecule has 3 heterocycles. The van der Waals surface area contributed by atoms with Gasteiger partial charge in [0, 0.05) is 26.2 Å². The Bertz CT molecular complexity index is 1010. The van der Waals surface area contributed by atoms with Gasteiger partial charge in [0.25, 0.3) is 0 Å². The predicted molar refractivity (Wildman–Crippen MR) is 127 cm³/mol. The van der Waals surface area contributed by atoms with Gasteiger partial charge in [-0.1, -0.05) is 0 Å². The fraction of sp³-hybridized carbons (Fsp3) is 0.727. The van der Waals surface area contributed by atoms with Gasteiger partial charge in [0.2, 0.25) is 21.8 Å². The number of anilines is 1. The van der Waals surface area contributed by atoms with Crippen LogP contribution in [0.15, 0.2) is 12.4 Å². The summed E-state index contributed by atoms with van der Waals surface area (Å²) in [5.74, 6) is 0.597. The first-order valence-electron chi connectivity index (χ1n) is 12.1. The number of carbonyl (C=O) groups excluding carboxylic acids is 2. The molecule has 0 bridgehead atoms. The third kappa shape index (κ3) is 6.58. The minimum atomic E-state index is -3.50. The normalized spacial score (nSPS) is 21.1. The summed E-state index contributed by atoms with van der Waals surface area (Å²) in [7, 11) is -3.50. The average Bonchev–Trinajstić information content (AvgIpc) is 3.58. The zero-order valence-electron chi connectivity index (χ0n) is 20.1. The van der Waals surface area contributed by atoms with E-state index in [0.717, 1.165) is 25.7 Å². The molecule has 4 rings (SSSR count). The van der Waals surface area contributed by atoms with E-state index in [0.29, 0.717) is 43.7 Å². The van der Waals surface area contributed by atoms with Crippen LogP contribution in [-0.4, -0.2) is 96.8 Å². The number of rotatable bonds is 9. The molecule has 1 aromatic heterocycles. The van der Waals surface area contributed by atoms with Crippen molar-refractivity contribution in [2.24, 2.45) is 11.7 Å². The Kier molecular flexibility index (Phi) is 7.77. The minimum Gasteiger partial charge on any atom is -0.476 e. The maximum atomic E-state index is 12.6. The van der Waals surface area contributed by atoms with Crippen molar-refractivity contribution in [1.82, 2.24) is 19.2 Å². The first-order valence-corrected chi connectivity index (χ1v) is 13.7. The number of hydrogen-bond acceptors (Lipinski definition) is 9. The molecular weight excluding hydrogens is 476 g/mol. The molecule has 0 spiro atoms. The van der Waals surface area contributed by atoms with E-state index in [4.69, 9.17) is 15.2 Å². The fourth-order valence-electron chi connectivity index (χ4n) is 4.09. The van der Waals surface area contributed by atoms with Crippen LogP contribution in [0.3, 0.4) is 0 Å². The molecule has 12 nitrogen and oxygen atoms in total. The molecule has 3 aliphatic rings. The van der Waals surface area contributed by atoms with Crippen LogP contribution in [0.4, 0.5) is 10.6 Å². The molecule has 35 heavy (non-hydrogen) atoms. The van der Waals surface area contributed by atoms with E-state index in [2.05, 4.69) is 9.97 Å². The van der Waals surface area contributed by atoms with Gasteiger partial charge in [0.05, 0.1) is 31.3 Å². The third-order valence-corrected chi connectivity index (χ3v) is 8.61. The lowest BCUT2D eigenvalue weighted by molar-refractivity contribution is -0.120. The highest BCUT2D eigenvalue weighted by Crippen LogP contribution is 2.39.